The summed E-state index contributed by atoms with van der Waals surface area (Å²) < 4.78 is 2.11. The maximum atomic E-state index is 13.0. The Labute approximate surface area is 205 Å². The summed E-state index contributed by atoms with van der Waals surface area (Å²) in [6.07, 6.45) is 13.5. The van der Waals surface area contributed by atoms with Gasteiger partial charge >= 0.3 is 0 Å². The van der Waals surface area contributed by atoms with Gasteiger partial charge in [0.15, 0.2) is 0 Å². The third-order valence-corrected chi connectivity index (χ3v) is 6.93. The van der Waals surface area contributed by atoms with Gasteiger partial charge in [-0.25, -0.2) is 15.0 Å². The molecule has 0 unspecified atom stereocenters. The summed E-state index contributed by atoms with van der Waals surface area (Å²) in [5.41, 5.74) is 11.7. The lowest BCUT2D eigenvalue weighted by Crippen LogP contribution is -2.13. The summed E-state index contributed by atoms with van der Waals surface area (Å²) in [4.78, 5) is 26.7. The predicted octanol–water partition coefficient (Wildman–Crippen LogP) is 5.93. The number of nitrogens with two attached hydrogens (primary N) is 1. The van der Waals surface area contributed by atoms with Crippen molar-refractivity contribution < 1.29 is 4.79 Å². The summed E-state index contributed by atoms with van der Waals surface area (Å²) in [7, 11) is 0. The van der Waals surface area contributed by atoms with E-state index >= 15 is 0 Å². The van der Waals surface area contributed by atoms with Crippen LogP contribution in [0.3, 0.4) is 0 Å². The maximum Gasteiger partial charge on any atom is 0.256 e. The number of fused-ring (bicyclic) bond motifs is 1. The van der Waals surface area contributed by atoms with Gasteiger partial charge < -0.3 is 11.1 Å². The van der Waals surface area contributed by atoms with E-state index < -0.39 is 0 Å². The van der Waals surface area contributed by atoms with Gasteiger partial charge in [0.2, 0.25) is 0 Å². The van der Waals surface area contributed by atoms with Crippen LogP contribution < -0.4 is 11.1 Å². The molecular weight excluding hydrogens is 436 g/mol. The van der Waals surface area contributed by atoms with E-state index in [1.54, 1.807) is 12.4 Å². The minimum atomic E-state index is -0.181. The Bertz CT molecular complexity index is 1370. The number of nitrogens with one attached hydrogen (secondary N) is 1. The molecule has 3 aromatic heterocycles. The average Bonchev–Trinajstić information content (AvgIpc) is 3.26. The number of aromatic nitrogens is 4. The summed E-state index contributed by atoms with van der Waals surface area (Å²) in [6.45, 7) is 4.14. The van der Waals surface area contributed by atoms with Crippen LogP contribution in [0.25, 0.3) is 16.8 Å². The SMILES string of the molecule is CCCc1ccnc(NC(=O)c2ccc(-c3nc(C4CCCCC4)n4ccnc(N)c34)c(C)c2)c1. The summed E-state index contributed by atoms with van der Waals surface area (Å²) in [6, 6.07) is 9.62. The number of hydrogen-bond acceptors (Lipinski definition) is 5. The van der Waals surface area contributed by atoms with Crippen molar-refractivity contribution in [1.29, 1.82) is 0 Å². The monoisotopic (exact) mass is 468 g/mol. The summed E-state index contributed by atoms with van der Waals surface area (Å²) in [5.74, 6) is 2.34. The van der Waals surface area contributed by atoms with Crippen LogP contribution in [-0.4, -0.2) is 25.3 Å². The zero-order valence-corrected chi connectivity index (χ0v) is 20.4. The predicted molar refractivity (Wildman–Crippen MR) is 140 cm³/mol. The van der Waals surface area contributed by atoms with Crippen molar-refractivity contribution in [2.45, 2.75) is 64.7 Å². The number of rotatable bonds is 6. The molecule has 1 fully saturated rings. The third-order valence-electron chi connectivity index (χ3n) is 6.93. The highest BCUT2D eigenvalue weighted by Crippen LogP contribution is 2.37. The van der Waals surface area contributed by atoms with E-state index in [9.17, 15) is 4.79 Å². The second-order valence-corrected chi connectivity index (χ2v) is 9.47. The van der Waals surface area contributed by atoms with Gasteiger partial charge in [-0.3, -0.25) is 9.20 Å². The molecule has 0 bridgehead atoms. The maximum absolute atomic E-state index is 13.0. The topological polar surface area (TPSA) is 98.2 Å². The number of carbonyl (C=O) groups excluding carboxylic acids is 1. The number of benzene rings is 1. The molecule has 180 valence electrons. The highest BCUT2D eigenvalue weighted by molar-refractivity contribution is 6.04. The van der Waals surface area contributed by atoms with Gasteiger partial charge in [-0.05, 0) is 61.6 Å². The van der Waals surface area contributed by atoms with Gasteiger partial charge in [-0.1, -0.05) is 38.7 Å². The molecule has 1 aliphatic rings. The fraction of sp³-hybridized carbons (Fsp3) is 0.357. The van der Waals surface area contributed by atoms with Crippen molar-refractivity contribution in [2.75, 3.05) is 11.1 Å². The minimum Gasteiger partial charge on any atom is -0.382 e. The Kier molecular flexibility index (Phi) is 6.49. The molecule has 7 heteroatoms. The normalized spacial score (nSPS) is 14.3. The van der Waals surface area contributed by atoms with Crippen LogP contribution in [0.2, 0.25) is 0 Å². The highest BCUT2D eigenvalue weighted by atomic mass is 16.1. The number of nitrogens with zero attached hydrogens (tertiary/aromatic N) is 4. The van der Waals surface area contributed by atoms with Gasteiger partial charge in [-0.2, -0.15) is 0 Å². The zero-order valence-electron chi connectivity index (χ0n) is 20.4. The second-order valence-electron chi connectivity index (χ2n) is 9.47. The number of imidazole rings is 1. The van der Waals surface area contributed by atoms with E-state index in [1.165, 1.54) is 19.3 Å². The zero-order chi connectivity index (χ0) is 24.4. The van der Waals surface area contributed by atoms with Crippen molar-refractivity contribution in [3.63, 3.8) is 0 Å². The van der Waals surface area contributed by atoms with Crippen LogP contribution in [0, 0.1) is 6.92 Å². The number of anilines is 2. The van der Waals surface area contributed by atoms with Crippen molar-refractivity contribution in [1.82, 2.24) is 19.4 Å². The summed E-state index contributed by atoms with van der Waals surface area (Å²) >= 11 is 0. The van der Waals surface area contributed by atoms with Crippen LogP contribution in [0.15, 0.2) is 48.9 Å². The van der Waals surface area contributed by atoms with Crippen LogP contribution in [0.4, 0.5) is 11.6 Å². The first-order valence-corrected chi connectivity index (χ1v) is 12.5. The molecule has 0 saturated heterocycles. The molecule has 7 nitrogen and oxygen atoms in total. The lowest BCUT2D eigenvalue weighted by atomic mass is 9.89. The van der Waals surface area contributed by atoms with Gasteiger partial charge in [0, 0.05) is 35.6 Å². The molecule has 0 radical (unpaired) electrons. The van der Waals surface area contributed by atoms with E-state index in [-0.39, 0.29) is 5.91 Å². The number of aryl methyl sites for hydroxylation is 2. The van der Waals surface area contributed by atoms with Crippen LogP contribution >= 0.6 is 0 Å². The number of amides is 1. The van der Waals surface area contributed by atoms with Crippen molar-refractivity contribution in [3.8, 4) is 11.3 Å². The molecular formula is C28H32N6O. The van der Waals surface area contributed by atoms with Crippen LogP contribution in [0.5, 0.6) is 0 Å². The quantitative estimate of drug-likeness (QED) is 0.365. The van der Waals surface area contributed by atoms with Gasteiger partial charge in [-0.15, -0.1) is 0 Å². The Morgan fingerprint density at radius 3 is 2.71 bits per heavy atom. The molecule has 1 aliphatic carbocycles. The van der Waals surface area contributed by atoms with E-state index in [0.717, 1.165) is 59.4 Å². The fourth-order valence-electron chi connectivity index (χ4n) is 5.17. The first-order valence-electron chi connectivity index (χ1n) is 12.5. The number of hydrogen-bond donors (Lipinski definition) is 2. The van der Waals surface area contributed by atoms with E-state index in [0.29, 0.717) is 23.1 Å². The average molecular weight is 469 g/mol. The van der Waals surface area contributed by atoms with Crippen molar-refractivity contribution in [2.24, 2.45) is 0 Å². The van der Waals surface area contributed by atoms with Crippen LogP contribution in [0.1, 0.15) is 78.7 Å². The molecule has 0 spiro atoms. The molecule has 3 heterocycles. The molecule has 0 atom stereocenters. The van der Waals surface area contributed by atoms with Crippen molar-refractivity contribution >= 4 is 23.1 Å². The van der Waals surface area contributed by atoms with E-state index in [2.05, 4.69) is 26.6 Å². The Hall–Kier alpha value is -3.74. The van der Waals surface area contributed by atoms with Gasteiger partial charge in [0.1, 0.15) is 28.7 Å². The molecule has 35 heavy (non-hydrogen) atoms. The second kappa shape index (κ2) is 9.86. The number of carbonyl (C=O) groups is 1. The molecule has 3 N–H and O–H groups in total. The lowest BCUT2D eigenvalue weighted by molar-refractivity contribution is 0.102. The largest absolute Gasteiger partial charge is 0.382 e. The third kappa shape index (κ3) is 4.63. The van der Waals surface area contributed by atoms with Crippen molar-refractivity contribution in [3.05, 3.63) is 71.4 Å². The molecule has 1 amide bonds. The first-order chi connectivity index (χ1) is 17.0. The van der Waals surface area contributed by atoms with Gasteiger partial charge in [0.25, 0.3) is 5.91 Å². The van der Waals surface area contributed by atoms with E-state index in [4.69, 9.17) is 10.7 Å². The Morgan fingerprint density at radius 1 is 1.11 bits per heavy atom. The molecule has 0 aliphatic heterocycles. The summed E-state index contributed by atoms with van der Waals surface area (Å²) in [5, 5.41) is 2.93. The first kappa shape index (κ1) is 23.0. The van der Waals surface area contributed by atoms with Crippen LogP contribution in [-0.2, 0) is 6.42 Å². The molecule has 1 aromatic carbocycles. The van der Waals surface area contributed by atoms with E-state index in [1.807, 2.05) is 43.5 Å². The Balaban J connectivity index is 1.47. The minimum absolute atomic E-state index is 0.181. The Morgan fingerprint density at radius 2 is 1.94 bits per heavy atom. The lowest BCUT2D eigenvalue weighted by Gasteiger charge is -2.20. The van der Waals surface area contributed by atoms with Gasteiger partial charge in [0.05, 0.1) is 0 Å². The molecule has 5 rings (SSSR count). The molecule has 4 aromatic rings. The molecule has 1 saturated carbocycles. The number of pyridine rings is 1. The number of nitrogen functional groups attached to an aromatic ring is 1. The fourth-order valence-corrected chi connectivity index (χ4v) is 5.17. The smallest absolute Gasteiger partial charge is 0.256 e. The standard InChI is InChI=1S/C28H32N6O/c1-3-7-19-12-13-30-23(17-19)32-28(35)21-10-11-22(18(2)16-21)24-25-26(29)31-14-15-34(25)27(33-24)20-8-5-4-6-9-20/h10-17,20H,3-9H2,1-2H3,(H2,29,31)(H,30,32,35). The highest BCUT2D eigenvalue weighted by Gasteiger charge is 2.24.